The number of nitrogen functional groups attached to an aromatic ring is 1. The highest BCUT2D eigenvalue weighted by Gasteiger charge is 2.50. The lowest BCUT2D eigenvalue weighted by atomic mass is 9.79. The second-order valence-corrected chi connectivity index (χ2v) is 10.1. The molecular weight excluding hydrogens is 460 g/mol. The maximum absolute atomic E-state index is 13.5. The number of amides is 1. The average Bonchev–Trinajstić information content (AvgIpc) is 3.49. The fourth-order valence-electron chi connectivity index (χ4n) is 4.61. The molecule has 2 aliphatic rings. The van der Waals surface area contributed by atoms with Gasteiger partial charge in [0.15, 0.2) is 16.5 Å². The molecule has 3 aromatic rings. The summed E-state index contributed by atoms with van der Waals surface area (Å²) in [5, 5.41) is 6.54. The molecule has 1 spiro atoms. The van der Waals surface area contributed by atoms with Crippen molar-refractivity contribution in [2.24, 2.45) is 0 Å². The summed E-state index contributed by atoms with van der Waals surface area (Å²) in [7, 11) is -0.127. The van der Waals surface area contributed by atoms with Crippen molar-refractivity contribution in [2.75, 3.05) is 31.7 Å². The van der Waals surface area contributed by atoms with Crippen molar-refractivity contribution >= 4 is 27.4 Å². The lowest BCUT2D eigenvalue weighted by Gasteiger charge is -2.24. The Balaban J connectivity index is 1.58. The highest BCUT2D eigenvalue weighted by molar-refractivity contribution is 7.93. The van der Waals surface area contributed by atoms with Crippen LogP contribution in [-0.4, -0.2) is 40.7 Å². The number of rotatable bonds is 6. The molecule has 1 saturated carbocycles. The Morgan fingerprint density at radius 1 is 1.15 bits per heavy atom. The molecule has 0 aliphatic heterocycles. The van der Waals surface area contributed by atoms with E-state index < -0.39 is 15.9 Å². The largest absolute Gasteiger partial charge is 0.495 e. The van der Waals surface area contributed by atoms with E-state index in [9.17, 15) is 13.2 Å². The number of nitrogens with two attached hydrogens (primary N) is 1. The third-order valence-electron chi connectivity index (χ3n) is 6.47. The highest BCUT2D eigenvalue weighted by atomic mass is 32.2. The molecule has 1 amide bonds. The molecule has 2 aromatic carbocycles. The number of methoxy groups -OCH3 is 2. The van der Waals surface area contributed by atoms with Crippen molar-refractivity contribution in [1.29, 1.82) is 0 Å². The summed E-state index contributed by atoms with van der Waals surface area (Å²) in [5.74, 6) is 0.117. The predicted molar refractivity (Wildman–Crippen MR) is 125 cm³/mol. The first kappa shape index (κ1) is 22.1. The number of anilines is 2. The number of nitrogens with one attached hydrogen (secondary N) is 2. The molecule has 5 rings (SSSR count). The number of carbonyl (C=O) groups is 1. The standard InChI is InChI=1S/C23H24N4O6S/c1-25-22(28)12-8-17(31-2)20(18(9-12)32-3)34(29,30)27-21-15-11-23(6-7-23)16-5-4-13(24)10-14(16)19(15)33-26-21/h4-5,8-10H,6-7,11,24H2,1-3H3,(H,25,28)(H,26,27). The summed E-state index contributed by atoms with van der Waals surface area (Å²) in [6.07, 6.45) is 2.58. The van der Waals surface area contributed by atoms with Gasteiger partial charge in [0.1, 0.15) is 11.5 Å². The van der Waals surface area contributed by atoms with Crippen LogP contribution in [0.2, 0.25) is 0 Å². The summed E-state index contributed by atoms with van der Waals surface area (Å²) in [6.45, 7) is 0. The molecule has 178 valence electrons. The minimum absolute atomic E-state index is 0.0420. The van der Waals surface area contributed by atoms with Crippen molar-refractivity contribution in [3.63, 3.8) is 0 Å². The number of ether oxygens (including phenoxy) is 2. The van der Waals surface area contributed by atoms with E-state index in [1.54, 1.807) is 0 Å². The molecular formula is C23H24N4O6S. The Morgan fingerprint density at radius 2 is 1.82 bits per heavy atom. The Bertz CT molecular complexity index is 1400. The van der Waals surface area contributed by atoms with Gasteiger partial charge < -0.3 is 25.0 Å². The first-order chi connectivity index (χ1) is 16.2. The molecule has 2 aliphatic carbocycles. The van der Waals surface area contributed by atoms with Crippen LogP contribution in [0.5, 0.6) is 11.5 Å². The van der Waals surface area contributed by atoms with Crippen molar-refractivity contribution in [2.45, 2.75) is 29.6 Å². The maximum atomic E-state index is 13.5. The summed E-state index contributed by atoms with van der Waals surface area (Å²) >= 11 is 0. The number of hydrogen-bond donors (Lipinski definition) is 3. The topological polar surface area (TPSA) is 146 Å². The van der Waals surface area contributed by atoms with Gasteiger partial charge in [-0.25, -0.2) is 8.42 Å². The number of aromatic nitrogens is 1. The van der Waals surface area contributed by atoms with E-state index in [1.165, 1.54) is 33.4 Å². The van der Waals surface area contributed by atoms with E-state index >= 15 is 0 Å². The number of benzene rings is 2. The molecule has 0 bridgehead atoms. The third-order valence-corrected chi connectivity index (χ3v) is 7.87. The fraction of sp³-hybridized carbons (Fsp3) is 0.304. The van der Waals surface area contributed by atoms with Gasteiger partial charge in [-0.1, -0.05) is 11.2 Å². The van der Waals surface area contributed by atoms with Crippen LogP contribution < -0.4 is 25.2 Å². The lowest BCUT2D eigenvalue weighted by Crippen LogP contribution is -2.21. The van der Waals surface area contributed by atoms with Gasteiger partial charge in [-0.15, -0.1) is 0 Å². The zero-order chi connectivity index (χ0) is 24.3. The van der Waals surface area contributed by atoms with Crippen molar-refractivity contribution in [3.8, 4) is 22.8 Å². The van der Waals surface area contributed by atoms with Gasteiger partial charge in [-0.3, -0.25) is 9.52 Å². The van der Waals surface area contributed by atoms with Gasteiger partial charge >= 0.3 is 0 Å². The van der Waals surface area contributed by atoms with Crippen molar-refractivity contribution < 1.29 is 27.2 Å². The Kier molecular flexibility index (Phi) is 4.97. The molecule has 1 aromatic heterocycles. The first-order valence-electron chi connectivity index (χ1n) is 10.6. The van der Waals surface area contributed by atoms with E-state index in [0.29, 0.717) is 23.4 Å². The monoisotopic (exact) mass is 484 g/mol. The molecule has 34 heavy (non-hydrogen) atoms. The summed E-state index contributed by atoms with van der Waals surface area (Å²) < 4.78 is 45.8. The zero-order valence-corrected chi connectivity index (χ0v) is 19.7. The molecule has 1 heterocycles. The molecule has 0 atom stereocenters. The summed E-state index contributed by atoms with van der Waals surface area (Å²) in [6, 6.07) is 8.39. The third kappa shape index (κ3) is 3.35. The first-order valence-corrected chi connectivity index (χ1v) is 12.1. The van der Waals surface area contributed by atoms with E-state index in [1.807, 2.05) is 18.2 Å². The smallest absolute Gasteiger partial charge is 0.270 e. The quantitative estimate of drug-likeness (QED) is 0.453. The molecule has 10 nitrogen and oxygen atoms in total. The number of fused-ring (bicyclic) bond motifs is 4. The Morgan fingerprint density at radius 3 is 2.41 bits per heavy atom. The normalized spacial score (nSPS) is 15.3. The predicted octanol–water partition coefficient (Wildman–Crippen LogP) is 2.69. The van der Waals surface area contributed by atoms with E-state index in [-0.39, 0.29) is 33.2 Å². The Labute approximate surface area is 196 Å². The molecule has 11 heteroatoms. The van der Waals surface area contributed by atoms with Gasteiger partial charge in [0, 0.05) is 34.8 Å². The molecule has 0 unspecified atom stereocenters. The molecule has 4 N–H and O–H groups in total. The number of sulfonamides is 1. The van der Waals surface area contributed by atoms with E-state index in [0.717, 1.165) is 24.0 Å². The SMILES string of the molecule is CNC(=O)c1cc(OC)c(S(=O)(=O)Nc2noc3c2CC2(CC2)c2ccc(N)cc2-3)c(OC)c1. The van der Waals surface area contributed by atoms with Gasteiger partial charge in [-0.05, 0) is 49.1 Å². The Hall–Kier alpha value is -3.73. The van der Waals surface area contributed by atoms with Crippen LogP contribution >= 0.6 is 0 Å². The van der Waals surface area contributed by atoms with Crippen molar-refractivity contribution in [1.82, 2.24) is 10.5 Å². The van der Waals surface area contributed by atoms with Crippen LogP contribution in [0.25, 0.3) is 11.3 Å². The van der Waals surface area contributed by atoms with Crippen LogP contribution in [0.15, 0.2) is 39.8 Å². The molecule has 0 saturated heterocycles. The zero-order valence-electron chi connectivity index (χ0n) is 18.9. The summed E-state index contributed by atoms with van der Waals surface area (Å²) in [4.78, 5) is 11.9. The second-order valence-electron chi connectivity index (χ2n) is 8.50. The number of nitrogens with zero attached hydrogens (tertiary/aromatic N) is 1. The van der Waals surface area contributed by atoms with Crippen LogP contribution in [0.1, 0.15) is 34.3 Å². The number of hydrogen-bond acceptors (Lipinski definition) is 8. The molecule has 1 fully saturated rings. The minimum atomic E-state index is -4.23. The lowest BCUT2D eigenvalue weighted by molar-refractivity contribution is 0.0962. The van der Waals surface area contributed by atoms with Gasteiger partial charge in [0.25, 0.3) is 15.9 Å². The van der Waals surface area contributed by atoms with Crippen LogP contribution in [-0.2, 0) is 21.9 Å². The van der Waals surface area contributed by atoms with Crippen LogP contribution in [0, 0.1) is 0 Å². The van der Waals surface area contributed by atoms with Gasteiger partial charge in [0.2, 0.25) is 0 Å². The van der Waals surface area contributed by atoms with E-state index in [4.69, 9.17) is 19.7 Å². The van der Waals surface area contributed by atoms with Gasteiger partial charge in [0.05, 0.1) is 14.2 Å². The fourth-order valence-corrected chi connectivity index (χ4v) is 5.94. The second kappa shape index (κ2) is 7.66. The van der Waals surface area contributed by atoms with Gasteiger partial charge in [-0.2, -0.15) is 0 Å². The average molecular weight is 485 g/mol. The molecule has 0 radical (unpaired) electrons. The summed E-state index contributed by atoms with van der Waals surface area (Å²) in [5.41, 5.74) is 9.39. The van der Waals surface area contributed by atoms with E-state index in [2.05, 4.69) is 15.2 Å². The van der Waals surface area contributed by atoms with Crippen LogP contribution in [0.4, 0.5) is 11.5 Å². The number of carbonyl (C=O) groups excluding carboxylic acids is 1. The maximum Gasteiger partial charge on any atom is 0.270 e. The minimum Gasteiger partial charge on any atom is -0.495 e. The highest BCUT2D eigenvalue weighted by Crippen LogP contribution is 2.58. The van der Waals surface area contributed by atoms with Crippen LogP contribution in [0.3, 0.4) is 0 Å². The van der Waals surface area contributed by atoms with Crippen molar-refractivity contribution in [3.05, 3.63) is 47.0 Å².